The maximum absolute atomic E-state index is 5.41. The van der Waals surface area contributed by atoms with Crippen LogP contribution in [0.4, 0.5) is 0 Å². The average Bonchev–Trinajstić information content (AvgIpc) is 3.58. The number of hydrogen-bond donors (Lipinski definition) is 0. The van der Waals surface area contributed by atoms with Crippen molar-refractivity contribution in [2.45, 2.75) is 39.5 Å². The van der Waals surface area contributed by atoms with E-state index in [1.54, 1.807) is 24.3 Å². The molecule has 0 saturated carbocycles. The molecule has 2 aliphatic rings. The number of hydrogen-bond acceptors (Lipinski definition) is 1. The van der Waals surface area contributed by atoms with Gasteiger partial charge in [-0.2, -0.15) is 0 Å². The first-order valence-corrected chi connectivity index (χ1v) is 22.4. The van der Waals surface area contributed by atoms with Gasteiger partial charge in [-0.15, -0.1) is 0 Å². The molecule has 0 bridgehead atoms. The Balaban J connectivity index is 0.000000668. The number of fused-ring (bicyclic) bond motifs is 11. The number of rotatable bonds is 7. The second-order valence-electron chi connectivity index (χ2n) is 17.2. The quantitative estimate of drug-likeness (QED) is 0.0661. The third-order valence-electron chi connectivity index (χ3n) is 12.7. The highest BCUT2D eigenvalue weighted by molar-refractivity contribution is 6.34. The highest BCUT2D eigenvalue weighted by Gasteiger charge is 2.35. The summed E-state index contributed by atoms with van der Waals surface area (Å²) in [5, 5.41) is 9.94. The first-order chi connectivity index (χ1) is 31.6. The molecule has 0 spiro atoms. The summed E-state index contributed by atoms with van der Waals surface area (Å²) < 4.78 is 0. The van der Waals surface area contributed by atoms with Gasteiger partial charge in [0.05, 0.1) is 5.70 Å². The molecule has 0 saturated heterocycles. The maximum Gasteiger partial charge on any atom is 0.160 e. The van der Waals surface area contributed by atoms with Gasteiger partial charge in [-0.25, -0.2) is 9.98 Å². The lowest BCUT2D eigenvalue weighted by molar-refractivity contribution is 0.660. The molecule has 1 atom stereocenters. The van der Waals surface area contributed by atoms with Gasteiger partial charge < -0.3 is 0 Å². The van der Waals surface area contributed by atoms with Crippen LogP contribution in [0.3, 0.4) is 0 Å². The molecular weight excluding hydrogens is 785 g/mol. The molecule has 0 aromatic heterocycles. The number of benzene rings is 8. The summed E-state index contributed by atoms with van der Waals surface area (Å²) in [5.41, 5.74) is 12.5. The minimum atomic E-state index is -0.0549. The van der Waals surface area contributed by atoms with Gasteiger partial charge in [0.1, 0.15) is 0 Å². The molecule has 318 valence electrons. The van der Waals surface area contributed by atoms with Gasteiger partial charge in [0.15, 0.2) is 5.84 Å². The van der Waals surface area contributed by atoms with Gasteiger partial charge in [-0.05, 0) is 113 Å². The minimum absolute atomic E-state index is 0.0549. The van der Waals surface area contributed by atoms with Crippen molar-refractivity contribution < 1.29 is 0 Å². The van der Waals surface area contributed by atoms with Crippen molar-refractivity contribution in [2.24, 2.45) is 15.9 Å². The minimum Gasteiger partial charge on any atom is -0.233 e. The predicted molar refractivity (Wildman–Crippen MR) is 286 cm³/mol. The second kappa shape index (κ2) is 19.0. The van der Waals surface area contributed by atoms with Crippen LogP contribution in [-0.2, 0) is 5.41 Å². The normalized spacial score (nSPS) is 14.9. The summed E-state index contributed by atoms with van der Waals surface area (Å²) in [6.07, 6.45) is 14.2. The lowest BCUT2D eigenvalue weighted by Gasteiger charge is -2.22. The molecule has 10 rings (SSSR count). The van der Waals surface area contributed by atoms with E-state index >= 15 is 0 Å². The Kier molecular flexibility index (Phi) is 12.8. The Morgan fingerprint density at radius 2 is 1.09 bits per heavy atom. The van der Waals surface area contributed by atoms with Crippen LogP contribution in [0, 0.1) is 5.92 Å². The molecule has 0 aliphatic heterocycles. The van der Waals surface area contributed by atoms with Crippen molar-refractivity contribution in [1.82, 2.24) is 0 Å². The summed E-state index contributed by atoms with van der Waals surface area (Å²) in [5.74, 6) is 1.15. The Morgan fingerprint density at radius 3 is 1.71 bits per heavy atom. The fraction of sp³-hybridized carbons (Fsp3) is 0.111. The summed E-state index contributed by atoms with van der Waals surface area (Å²) in [6, 6.07) is 53.2. The number of amidine groups is 1. The van der Waals surface area contributed by atoms with E-state index in [1.807, 2.05) is 0 Å². The molecule has 0 radical (unpaired) electrons. The molecule has 8 aromatic rings. The number of aliphatic imine (C=N–C) groups is 2. The van der Waals surface area contributed by atoms with E-state index in [4.69, 9.17) is 9.98 Å². The monoisotopic (exact) mass is 840 g/mol. The third kappa shape index (κ3) is 8.56. The Morgan fingerprint density at radius 1 is 0.569 bits per heavy atom. The predicted octanol–water partition coefficient (Wildman–Crippen LogP) is 17.3. The van der Waals surface area contributed by atoms with Crippen molar-refractivity contribution in [3.05, 3.63) is 255 Å². The van der Waals surface area contributed by atoms with Gasteiger partial charge >= 0.3 is 0 Å². The molecule has 2 nitrogen and oxygen atoms in total. The van der Waals surface area contributed by atoms with Crippen LogP contribution >= 0.6 is 0 Å². The highest BCUT2D eigenvalue weighted by atomic mass is 14.9. The Labute approximate surface area is 385 Å². The van der Waals surface area contributed by atoms with Gasteiger partial charge in [0, 0.05) is 22.3 Å². The second-order valence-corrected chi connectivity index (χ2v) is 17.2. The maximum atomic E-state index is 5.41. The fourth-order valence-electron chi connectivity index (χ4n) is 9.27. The van der Waals surface area contributed by atoms with Gasteiger partial charge in [-0.1, -0.05) is 230 Å². The molecule has 8 aromatic carbocycles. The molecule has 2 aliphatic carbocycles. The lowest BCUT2D eigenvalue weighted by atomic mass is 9.81. The van der Waals surface area contributed by atoms with E-state index in [0.717, 1.165) is 34.5 Å². The van der Waals surface area contributed by atoms with Gasteiger partial charge in [0.2, 0.25) is 0 Å². The zero-order chi connectivity index (χ0) is 45.7. The summed E-state index contributed by atoms with van der Waals surface area (Å²) in [6.45, 7) is 26.9. The standard InChI is InChI=1S/C55H44N2.2C4H6/c1-34-22-24-37(25-23-34)35(2)56-54(39-28-26-38(27-29-39)40-30-31-46-45-18-12-13-21-51(45)55(4,5)52(46)32-40)57-36(3)49-33-50-43-16-7-6-14-41(43)42-15-8-10-19-47(42)53(50)48-20-11-9-17-44(48)49;2*1-3-4-2/h6-22,24-34H,2,23H2,1,3-5H3;2*3-4H,1-2H2. The average molecular weight is 841 g/mol. The zero-order valence-corrected chi connectivity index (χ0v) is 38.1. The topological polar surface area (TPSA) is 24.7 Å². The van der Waals surface area contributed by atoms with Crippen molar-refractivity contribution in [1.29, 1.82) is 0 Å². The van der Waals surface area contributed by atoms with E-state index in [-0.39, 0.29) is 5.41 Å². The SMILES string of the molecule is C=C(N=C(N=C(C)c1cc2c3ccccc3c3ccccc3c2c2ccccc12)c1ccc(-c2ccc3c(c2)C(C)(C)c2ccccc2-3)cc1)C1=CCC(C)C=C1.C=CC=C.C=CC=C. The van der Waals surface area contributed by atoms with Crippen LogP contribution in [0.5, 0.6) is 0 Å². The third-order valence-corrected chi connectivity index (χ3v) is 12.7. The molecule has 65 heavy (non-hydrogen) atoms. The van der Waals surface area contributed by atoms with Crippen LogP contribution in [0.2, 0.25) is 0 Å². The molecule has 0 fully saturated rings. The molecule has 1 unspecified atom stereocenters. The number of allylic oxidation sites excluding steroid dienone is 7. The van der Waals surface area contributed by atoms with Crippen LogP contribution in [0.15, 0.2) is 242 Å². The van der Waals surface area contributed by atoms with Crippen molar-refractivity contribution in [2.75, 3.05) is 0 Å². The summed E-state index contributed by atoms with van der Waals surface area (Å²) in [4.78, 5) is 10.6. The van der Waals surface area contributed by atoms with Crippen LogP contribution in [0.1, 0.15) is 56.4 Å². The van der Waals surface area contributed by atoms with Crippen LogP contribution in [-0.4, -0.2) is 11.5 Å². The van der Waals surface area contributed by atoms with Crippen molar-refractivity contribution >= 4 is 54.6 Å². The molecule has 0 heterocycles. The van der Waals surface area contributed by atoms with Crippen LogP contribution in [0.25, 0.3) is 65.3 Å². The van der Waals surface area contributed by atoms with Crippen molar-refractivity contribution in [3.8, 4) is 22.3 Å². The first-order valence-electron chi connectivity index (χ1n) is 22.4. The summed E-state index contributed by atoms with van der Waals surface area (Å²) in [7, 11) is 0. The first kappa shape index (κ1) is 43.9. The largest absolute Gasteiger partial charge is 0.233 e. The number of nitrogens with zero attached hydrogens (tertiary/aromatic N) is 2. The Bertz CT molecular complexity index is 3280. The zero-order valence-electron chi connectivity index (χ0n) is 38.1. The Hall–Kier alpha value is -7.68. The summed E-state index contributed by atoms with van der Waals surface area (Å²) >= 11 is 0. The van der Waals surface area contributed by atoms with E-state index < -0.39 is 0 Å². The van der Waals surface area contributed by atoms with Gasteiger partial charge in [-0.3, -0.25) is 0 Å². The molecule has 0 amide bonds. The van der Waals surface area contributed by atoms with E-state index in [1.165, 1.54) is 76.5 Å². The fourth-order valence-corrected chi connectivity index (χ4v) is 9.27. The molecule has 2 heteroatoms. The van der Waals surface area contributed by atoms with E-state index in [9.17, 15) is 0 Å². The van der Waals surface area contributed by atoms with E-state index in [0.29, 0.717) is 11.8 Å². The lowest BCUT2D eigenvalue weighted by Crippen LogP contribution is -2.14. The molecular formula is C63H56N2. The highest BCUT2D eigenvalue weighted by Crippen LogP contribution is 2.49. The van der Waals surface area contributed by atoms with Gasteiger partial charge in [0.25, 0.3) is 0 Å². The van der Waals surface area contributed by atoms with Crippen molar-refractivity contribution in [3.63, 3.8) is 0 Å². The van der Waals surface area contributed by atoms with Crippen LogP contribution < -0.4 is 0 Å². The molecule has 0 N–H and O–H groups in total. The smallest absolute Gasteiger partial charge is 0.160 e. The van der Waals surface area contributed by atoms with E-state index in [2.05, 4.69) is 224 Å².